The zero-order chi connectivity index (χ0) is 13.2. The first-order chi connectivity index (χ1) is 8.47. The lowest BCUT2D eigenvalue weighted by Gasteiger charge is -2.12. The Morgan fingerprint density at radius 2 is 2.22 bits per heavy atom. The zero-order valence-electron chi connectivity index (χ0n) is 9.43. The molecule has 0 saturated carbocycles. The number of benzene rings is 1. The SMILES string of the molecule is O=S(=O)(Cl)c1ccc(OCC2CCCO2)cc1Cl. The quantitative estimate of drug-likeness (QED) is 0.802. The van der Waals surface area contributed by atoms with E-state index in [0.717, 1.165) is 19.4 Å². The van der Waals surface area contributed by atoms with Crippen molar-refractivity contribution in [3.63, 3.8) is 0 Å². The zero-order valence-corrected chi connectivity index (χ0v) is 11.8. The monoisotopic (exact) mass is 310 g/mol. The molecule has 2 rings (SSSR count). The molecule has 1 fully saturated rings. The fourth-order valence-corrected chi connectivity index (χ4v) is 3.25. The lowest BCUT2D eigenvalue weighted by Crippen LogP contribution is -2.16. The van der Waals surface area contributed by atoms with E-state index in [-0.39, 0.29) is 16.0 Å². The second-order valence-corrected chi connectivity index (χ2v) is 6.92. The highest BCUT2D eigenvalue weighted by molar-refractivity contribution is 8.13. The lowest BCUT2D eigenvalue weighted by atomic mass is 10.2. The first-order valence-electron chi connectivity index (χ1n) is 5.45. The van der Waals surface area contributed by atoms with Gasteiger partial charge in [0, 0.05) is 23.4 Å². The van der Waals surface area contributed by atoms with Crippen LogP contribution in [0.4, 0.5) is 0 Å². The van der Waals surface area contributed by atoms with Crippen molar-refractivity contribution >= 4 is 31.3 Å². The van der Waals surface area contributed by atoms with Crippen molar-refractivity contribution in [1.82, 2.24) is 0 Å². The molecule has 0 aliphatic carbocycles. The summed E-state index contributed by atoms with van der Waals surface area (Å²) in [6, 6.07) is 4.29. The molecule has 1 aliphatic heterocycles. The second-order valence-electron chi connectivity index (χ2n) is 3.98. The van der Waals surface area contributed by atoms with E-state index in [1.54, 1.807) is 0 Å². The summed E-state index contributed by atoms with van der Waals surface area (Å²) in [7, 11) is 1.40. The summed E-state index contributed by atoms with van der Waals surface area (Å²) >= 11 is 5.83. The Balaban J connectivity index is 2.04. The van der Waals surface area contributed by atoms with Crippen LogP contribution in [0.1, 0.15) is 12.8 Å². The van der Waals surface area contributed by atoms with E-state index >= 15 is 0 Å². The third-order valence-corrected chi connectivity index (χ3v) is 4.43. The molecule has 0 aromatic heterocycles. The van der Waals surface area contributed by atoms with Crippen molar-refractivity contribution in [2.45, 2.75) is 23.8 Å². The fourth-order valence-electron chi connectivity index (χ4n) is 1.73. The molecule has 0 amide bonds. The minimum absolute atomic E-state index is 0.0508. The van der Waals surface area contributed by atoms with Gasteiger partial charge in [-0.3, -0.25) is 0 Å². The number of halogens is 2. The Hall–Kier alpha value is -0.490. The third-order valence-electron chi connectivity index (χ3n) is 2.63. The van der Waals surface area contributed by atoms with Crippen molar-refractivity contribution in [2.24, 2.45) is 0 Å². The Kier molecular flexibility index (Phi) is 4.37. The normalized spacial score (nSPS) is 20.0. The van der Waals surface area contributed by atoms with Gasteiger partial charge in [0.2, 0.25) is 0 Å². The third kappa shape index (κ3) is 3.51. The van der Waals surface area contributed by atoms with Gasteiger partial charge in [-0.05, 0) is 25.0 Å². The molecule has 1 unspecified atom stereocenters. The van der Waals surface area contributed by atoms with E-state index < -0.39 is 9.05 Å². The van der Waals surface area contributed by atoms with Gasteiger partial charge in [0.05, 0.1) is 11.1 Å². The maximum absolute atomic E-state index is 11.2. The summed E-state index contributed by atoms with van der Waals surface area (Å²) in [6.45, 7) is 1.20. The van der Waals surface area contributed by atoms with Crippen LogP contribution in [0.5, 0.6) is 5.75 Å². The summed E-state index contributed by atoms with van der Waals surface area (Å²) in [5.74, 6) is 0.500. The van der Waals surface area contributed by atoms with Crippen LogP contribution < -0.4 is 4.74 Å². The molecule has 1 saturated heterocycles. The Morgan fingerprint density at radius 1 is 1.44 bits per heavy atom. The molecular formula is C11H12Cl2O4S. The van der Waals surface area contributed by atoms with Crippen LogP contribution in [0.15, 0.2) is 23.1 Å². The molecular weight excluding hydrogens is 299 g/mol. The van der Waals surface area contributed by atoms with E-state index in [4.69, 9.17) is 31.8 Å². The number of hydrogen-bond donors (Lipinski definition) is 0. The van der Waals surface area contributed by atoms with E-state index in [1.807, 2.05) is 0 Å². The largest absolute Gasteiger partial charge is 0.491 e. The van der Waals surface area contributed by atoms with Gasteiger partial charge in [-0.1, -0.05) is 11.6 Å². The molecule has 0 spiro atoms. The van der Waals surface area contributed by atoms with E-state index in [9.17, 15) is 8.42 Å². The summed E-state index contributed by atoms with van der Waals surface area (Å²) in [5, 5.41) is 0.0508. The molecule has 0 N–H and O–H groups in total. The second kappa shape index (κ2) is 5.65. The van der Waals surface area contributed by atoms with Gasteiger partial charge >= 0.3 is 0 Å². The predicted molar refractivity (Wildman–Crippen MR) is 69.0 cm³/mol. The molecule has 100 valence electrons. The first kappa shape index (κ1) is 13.9. The molecule has 18 heavy (non-hydrogen) atoms. The average molecular weight is 311 g/mol. The molecule has 1 aromatic carbocycles. The van der Waals surface area contributed by atoms with Crippen molar-refractivity contribution < 1.29 is 17.9 Å². The maximum atomic E-state index is 11.2. The van der Waals surface area contributed by atoms with Crippen LogP contribution in [0.2, 0.25) is 5.02 Å². The van der Waals surface area contributed by atoms with Crippen LogP contribution >= 0.6 is 22.3 Å². The van der Waals surface area contributed by atoms with Gasteiger partial charge in [0.15, 0.2) is 0 Å². The molecule has 1 atom stereocenters. The predicted octanol–water partition coefficient (Wildman–Crippen LogP) is 2.83. The van der Waals surface area contributed by atoms with E-state index in [1.165, 1.54) is 18.2 Å². The van der Waals surface area contributed by atoms with Gasteiger partial charge in [-0.2, -0.15) is 0 Å². The summed E-state index contributed by atoms with van der Waals surface area (Å²) in [5.41, 5.74) is 0. The minimum Gasteiger partial charge on any atom is -0.491 e. The van der Waals surface area contributed by atoms with Crippen molar-refractivity contribution in [3.05, 3.63) is 23.2 Å². The van der Waals surface area contributed by atoms with Gasteiger partial charge in [0.25, 0.3) is 9.05 Å². The standard InChI is InChI=1S/C11H12Cl2O4S/c12-10-6-8(3-4-11(10)18(13,14)15)17-7-9-2-1-5-16-9/h3-4,6,9H,1-2,5,7H2. The molecule has 0 radical (unpaired) electrons. The van der Waals surface area contributed by atoms with Gasteiger partial charge in [-0.25, -0.2) is 8.42 Å². The van der Waals surface area contributed by atoms with Crippen LogP contribution in [0.25, 0.3) is 0 Å². The number of rotatable bonds is 4. The summed E-state index contributed by atoms with van der Waals surface area (Å²) < 4.78 is 33.2. The smallest absolute Gasteiger partial charge is 0.262 e. The maximum Gasteiger partial charge on any atom is 0.262 e. The van der Waals surface area contributed by atoms with E-state index in [2.05, 4.69) is 0 Å². The molecule has 7 heteroatoms. The van der Waals surface area contributed by atoms with E-state index in [0.29, 0.717) is 12.4 Å². The van der Waals surface area contributed by atoms with Crippen LogP contribution in [0, 0.1) is 0 Å². The fraction of sp³-hybridized carbons (Fsp3) is 0.455. The Morgan fingerprint density at radius 3 is 2.78 bits per heavy atom. The molecule has 1 aliphatic rings. The van der Waals surface area contributed by atoms with Gasteiger partial charge in [0.1, 0.15) is 17.3 Å². The highest BCUT2D eigenvalue weighted by Gasteiger charge is 2.18. The molecule has 1 heterocycles. The number of ether oxygens (including phenoxy) is 2. The molecule has 1 aromatic rings. The number of hydrogen-bond acceptors (Lipinski definition) is 4. The van der Waals surface area contributed by atoms with Crippen LogP contribution in [0.3, 0.4) is 0 Å². The van der Waals surface area contributed by atoms with Crippen molar-refractivity contribution in [2.75, 3.05) is 13.2 Å². The highest BCUT2D eigenvalue weighted by Crippen LogP contribution is 2.28. The van der Waals surface area contributed by atoms with Gasteiger partial charge in [-0.15, -0.1) is 0 Å². The average Bonchev–Trinajstić information content (AvgIpc) is 2.77. The summed E-state index contributed by atoms with van der Waals surface area (Å²) in [6.07, 6.45) is 2.11. The summed E-state index contributed by atoms with van der Waals surface area (Å²) in [4.78, 5) is -0.115. The Labute approximate surface area is 115 Å². The molecule has 0 bridgehead atoms. The van der Waals surface area contributed by atoms with Crippen LogP contribution in [-0.2, 0) is 13.8 Å². The highest BCUT2D eigenvalue weighted by atomic mass is 35.7. The van der Waals surface area contributed by atoms with Gasteiger partial charge < -0.3 is 9.47 Å². The Bertz CT molecular complexity index is 524. The first-order valence-corrected chi connectivity index (χ1v) is 8.14. The minimum atomic E-state index is -3.82. The van der Waals surface area contributed by atoms with Crippen molar-refractivity contribution in [1.29, 1.82) is 0 Å². The van der Waals surface area contributed by atoms with Crippen molar-refractivity contribution in [3.8, 4) is 5.75 Å². The lowest BCUT2D eigenvalue weighted by molar-refractivity contribution is 0.0679. The topological polar surface area (TPSA) is 52.6 Å². The molecule has 4 nitrogen and oxygen atoms in total. The van der Waals surface area contributed by atoms with Crippen LogP contribution in [-0.4, -0.2) is 27.7 Å².